The number of fused-ring (bicyclic) bond motifs is 1. The van der Waals surface area contributed by atoms with Crippen LogP contribution < -0.4 is 35.3 Å². The number of ketones is 4. The van der Waals surface area contributed by atoms with E-state index in [-0.39, 0.29) is 71.4 Å². The fraction of sp³-hybridized carbons (Fsp3) is 0.188. The van der Waals surface area contributed by atoms with Crippen LogP contribution in [0.1, 0.15) is 85.9 Å². The molecule has 5 N–H and O–H groups in total. The lowest BCUT2D eigenvalue weighted by Gasteiger charge is -2.26. The van der Waals surface area contributed by atoms with E-state index >= 15 is 0 Å². The van der Waals surface area contributed by atoms with E-state index < -0.39 is 17.5 Å². The van der Waals surface area contributed by atoms with Crippen LogP contribution in [0.15, 0.2) is 231 Å². The van der Waals surface area contributed by atoms with E-state index in [1.54, 1.807) is 203 Å². The number of aromatic amines is 1. The fourth-order valence-electron chi connectivity index (χ4n) is 13.0. The first-order valence-electron chi connectivity index (χ1n) is 38.6. The Bertz CT molecular complexity index is 5880. The van der Waals surface area contributed by atoms with E-state index in [4.69, 9.17) is 122 Å². The summed E-state index contributed by atoms with van der Waals surface area (Å²) in [6.45, 7) is 12.9. The Morgan fingerprint density at radius 3 is 1.09 bits per heavy atom. The Morgan fingerprint density at radius 1 is 0.410 bits per heavy atom. The maximum absolute atomic E-state index is 14.8. The minimum atomic E-state index is -0.594. The molecule has 12 aromatic carbocycles. The van der Waals surface area contributed by atoms with Gasteiger partial charge in [0.1, 0.15) is 63.4 Å². The fourth-order valence-corrected chi connectivity index (χ4v) is 14.4. The number of H-pyrrole nitrogens is 1. The number of halogens is 11. The Hall–Kier alpha value is -10.6. The molecule has 1 aliphatic rings. The number of hydrogen-bond acceptors (Lipinski definition) is 14. The third-order valence-electron chi connectivity index (χ3n) is 19.1. The van der Waals surface area contributed by atoms with Crippen molar-refractivity contribution in [3.63, 3.8) is 0 Å². The summed E-state index contributed by atoms with van der Waals surface area (Å²) in [5.41, 5.74) is 14.4. The number of nitrogens with zero attached hydrogens (tertiary/aromatic N) is 2. The molecule has 0 saturated carbocycles. The summed E-state index contributed by atoms with van der Waals surface area (Å²) in [6, 6.07) is 63.8. The molecule has 0 unspecified atom stereocenters. The van der Waals surface area contributed by atoms with Crippen molar-refractivity contribution in [3.8, 4) is 46.0 Å². The number of rotatable bonds is 28. The van der Waals surface area contributed by atoms with E-state index in [1.165, 1.54) is 18.2 Å². The lowest BCUT2D eigenvalue weighted by atomic mass is 9.99. The average Bonchev–Trinajstić information content (AvgIpc) is 1.09. The molecule has 15 nitrogen and oxygen atoms in total. The molecular formula is C96H85Cl8F3N6O9. The van der Waals surface area contributed by atoms with Gasteiger partial charge in [0.05, 0.1) is 55.9 Å². The van der Waals surface area contributed by atoms with Crippen LogP contribution in [-0.2, 0) is 30.4 Å². The number of ether oxygens (including phenoxy) is 5. The van der Waals surface area contributed by atoms with Crippen molar-refractivity contribution in [3.05, 3.63) is 355 Å². The van der Waals surface area contributed by atoms with Gasteiger partial charge in [0, 0.05) is 119 Å². The molecule has 1 fully saturated rings. The number of carbonyl (C=O) groups excluding carboxylic acids is 4. The van der Waals surface area contributed by atoms with Crippen LogP contribution in [0.4, 0.5) is 30.2 Å². The zero-order chi connectivity index (χ0) is 87.3. The van der Waals surface area contributed by atoms with Crippen molar-refractivity contribution in [1.82, 2.24) is 14.8 Å². The van der Waals surface area contributed by atoms with Crippen LogP contribution in [0.5, 0.6) is 46.0 Å². The molecule has 1 aromatic heterocycles. The molecule has 0 atom stereocenters. The summed E-state index contributed by atoms with van der Waals surface area (Å²) in [7, 11) is 3.87. The number of likely N-dealkylation sites (N-methyl/N-ethyl adjacent to an activating group) is 1. The van der Waals surface area contributed by atoms with Gasteiger partial charge in [-0.2, -0.15) is 0 Å². The number of carbonyl (C=O) groups is 4. The van der Waals surface area contributed by atoms with Crippen LogP contribution in [-0.4, -0.2) is 104 Å². The predicted octanol–water partition coefficient (Wildman–Crippen LogP) is 26.3. The highest BCUT2D eigenvalue weighted by molar-refractivity contribution is 6.34. The molecule has 1 saturated heterocycles. The Balaban J connectivity index is 0.000000159. The summed E-state index contributed by atoms with van der Waals surface area (Å²) in [5.74, 6) is 2.28. The average molecular weight is 1810 g/mol. The van der Waals surface area contributed by atoms with Gasteiger partial charge >= 0.3 is 0 Å². The van der Waals surface area contributed by atoms with E-state index in [1.807, 2.05) is 50.3 Å². The van der Waals surface area contributed by atoms with Crippen LogP contribution in [0.2, 0.25) is 40.2 Å². The third kappa shape index (κ3) is 26.7. The summed E-state index contributed by atoms with van der Waals surface area (Å²) in [5, 5.41) is 11.3. The number of aryl methyl sites for hydroxylation is 4. The van der Waals surface area contributed by atoms with Crippen molar-refractivity contribution in [2.75, 3.05) is 82.9 Å². The zero-order valence-corrected chi connectivity index (χ0v) is 73.3. The number of hydrogen-bond donors (Lipinski definition) is 4. The van der Waals surface area contributed by atoms with Gasteiger partial charge in [-0.1, -0.05) is 117 Å². The zero-order valence-electron chi connectivity index (χ0n) is 67.2. The highest BCUT2D eigenvalue weighted by Crippen LogP contribution is 2.38. The number of nitrogens with one attached hydrogen (secondary N) is 3. The number of anilines is 3. The highest BCUT2D eigenvalue weighted by Gasteiger charge is 2.23. The maximum Gasteiger partial charge on any atom is 0.169 e. The molecule has 1 aliphatic heterocycles. The molecule has 13 aromatic rings. The molecule has 122 heavy (non-hydrogen) atoms. The molecule has 0 amide bonds. The SMILES string of the molecule is Cc1cc(C(=O)Cc2ccc(Oc3ccc(Cl)cc3)c(Cl)c2)c2[nH]ccc2c1.Cc1cc(F)c(N)c(C(=O)Cc2ccc(Oc3ccc(Cl)cc3)c(Cl)c2)c1.Cc1cc(F)c(NCCN(C)C)c(C(=O)Cc2ccc(Oc3ccc(Cl)cc3)c(Cl)c2)c1.Cc1cc(F)c(NCCN2CCOCC2)c(C(=O)Cc2ccc(Oc3ccc(Cl)cc3)c(Cl)c2)c1. The van der Waals surface area contributed by atoms with Crippen molar-refractivity contribution in [2.45, 2.75) is 53.4 Å². The van der Waals surface area contributed by atoms with E-state index in [0.29, 0.717) is 169 Å². The second-order valence-corrected chi connectivity index (χ2v) is 32.5. The first-order valence-corrected chi connectivity index (χ1v) is 41.6. The Kier molecular flexibility index (Phi) is 33.2. The van der Waals surface area contributed by atoms with Gasteiger partial charge in [-0.25, -0.2) is 13.2 Å². The summed E-state index contributed by atoms with van der Waals surface area (Å²) in [4.78, 5) is 59.1. The van der Waals surface area contributed by atoms with E-state index in [0.717, 1.165) is 41.7 Å². The molecule has 0 bridgehead atoms. The molecule has 14 rings (SSSR count). The normalized spacial score (nSPS) is 11.8. The second kappa shape index (κ2) is 44.0. The summed E-state index contributed by atoms with van der Waals surface area (Å²) in [6.07, 6.45) is 2.33. The van der Waals surface area contributed by atoms with Crippen LogP contribution in [0.25, 0.3) is 10.9 Å². The molecule has 630 valence electrons. The smallest absolute Gasteiger partial charge is 0.169 e. The monoisotopic (exact) mass is 1800 g/mol. The second-order valence-electron chi connectivity index (χ2n) is 29.1. The first-order chi connectivity index (χ1) is 58.4. The van der Waals surface area contributed by atoms with Crippen molar-refractivity contribution in [1.29, 1.82) is 0 Å². The highest BCUT2D eigenvalue weighted by atomic mass is 35.5. The Labute approximate surface area is 746 Å². The van der Waals surface area contributed by atoms with E-state index in [2.05, 4.69) is 26.6 Å². The molecule has 0 radical (unpaired) electrons. The van der Waals surface area contributed by atoms with Crippen LogP contribution in [0.3, 0.4) is 0 Å². The molecule has 0 spiro atoms. The van der Waals surface area contributed by atoms with Crippen LogP contribution in [0, 0.1) is 45.1 Å². The minimum absolute atomic E-state index is 0.0404. The van der Waals surface area contributed by atoms with E-state index in [9.17, 15) is 32.3 Å². The number of benzene rings is 12. The predicted molar refractivity (Wildman–Crippen MR) is 488 cm³/mol. The minimum Gasteiger partial charge on any atom is -0.456 e. The lowest BCUT2D eigenvalue weighted by Crippen LogP contribution is -2.39. The van der Waals surface area contributed by atoms with Crippen molar-refractivity contribution >= 4 is 144 Å². The van der Waals surface area contributed by atoms with Crippen molar-refractivity contribution < 1.29 is 56.0 Å². The first kappa shape index (κ1) is 92.2. The van der Waals surface area contributed by atoms with Gasteiger partial charge < -0.3 is 49.9 Å². The van der Waals surface area contributed by atoms with Crippen molar-refractivity contribution in [2.24, 2.45) is 0 Å². The molecule has 0 aliphatic carbocycles. The quantitative estimate of drug-likeness (QED) is 0.0268. The van der Waals surface area contributed by atoms with Gasteiger partial charge in [-0.05, 0) is 286 Å². The van der Waals surface area contributed by atoms with Gasteiger partial charge in [0.25, 0.3) is 0 Å². The molecule has 2 heterocycles. The third-order valence-corrected chi connectivity index (χ3v) is 21.2. The van der Waals surface area contributed by atoms with Gasteiger partial charge in [-0.15, -0.1) is 0 Å². The summed E-state index contributed by atoms with van der Waals surface area (Å²) < 4.78 is 71.7. The standard InChI is InChI=1S/C27H27Cl2FN2O3.C25H25Cl2FN2O2.C23H17Cl2NO2.C21H16Cl2FNO2/c1-18-14-22(27(24(30)15-18)31-8-9-32-10-12-34-13-11-32)25(33)17-19-2-7-26(23(29)16-19)35-21-5-3-20(28)4-6-21;1-16-12-20(25(22(28)13-16)29-10-11-30(2)3)23(31)15-17-4-9-24(21(27)14-17)32-19-7-5-18(26)6-8-19;1-14-10-16-8-9-26-23(16)19(11-14)21(27)13-15-2-7-22(20(25)12-15)28-18-5-3-17(24)4-6-18;1-12-8-16(21(25)18(24)9-12)19(26)11-13-2-7-20(17(23)10-13)27-15-5-3-14(22)4-6-15/h2-7,14-16,31H,8-13,17H2,1H3;4-9,12-14,29H,10-11,15H2,1-3H3;2-12,26H,13H2,1H3;2-10H,11,25H2,1H3. The molecule has 26 heteroatoms. The number of nitrogen functional groups attached to an aromatic ring is 1. The van der Waals surface area contributed by atoms with Gasteiger partial charge in [-0.3, -0.25) is 24.1 Å². The number of nitrogens with two attached hydrogens (primary N) is 1. The molecular weight excluding hydrogens is 1720 g/mol. The maximum atomic E-state index is 14.8. The van der Waals surface area contributed by atoms with Gasteiger partial charge in [0.15, 0.2) is 23.1 Å². The van der Waals surface area contributed by atoms with Crippen LogP contribution >= 0.6 is 92.8 Å². The lowest BCUT2D eigenvalue weighted by molar-refractivity contribution is 0.0398. The summed E-state index contributed by atoms with van der Waals surface area (Å²) >= 11 is 49.0. The van der Waals surface area contributed by atoms with Gasteiger partial charge in [0.2, 0.25) is 0 Å². The topological polar surface area (TPSA) is 187 Å². The number of Topliss-reactive ketones (excluding diaryl/α,β-unsaturated/α-hetero) is 4. The largest absolute Gasteiger partial charge is 0.456 e. The number of aromatic nitrogens is 1. The number of morpholine rings is 1. The Morgan fingerprint density at radius 2 is 0.730 bits per heavy atom.